The largest absolute Gasteiger partial charge is 0.453 e. The van der Waals surface area contributed by atoms with Crippen molar-refractivity contribution in [1.29, 1.82) is 0 Å². The molecule has 2 fully saturated rings. The molecule has 4 rings (SSSR count). The number of hydrogen-bond donors (Lipinski definition) is 3. The van der Waals surface area contributed by atoms with Crippen molar-refractivity contribution in [1.82, 2.24) is 20.2 Å². The standard InChI is InChI=1S/C19H22BrN5O5/c1-28-17(27)23-9-15(26)25-11-18(29-6-7-30-18)10-19(25,21)16-22-8-14(24-16)12-2-4-13(20)5-3-12/h2-5,8H,6-7,9-11,21H2,1H3,(H,22,24)(H,23,27). The fourth-order valence-electron chi connectivity index (χ4n) is 3.79. The molecule has 10 nitrogen and oxygen atoms in total. The van der Waals surface area contributed by atoms with Gasteiger partial charge in [-0.15, -0.1) is 0 Å². The summed E-state index contributed by atoms with van der Waals surface area (Å²) in [7, 11) is 1.23. The molecule has 4 N–H and O–H groups in total. The summed E-state index contributed by atoms with van der Waals surface area (Å²) in [6.07, 6.45) is 1.17. The van der Waals surface area contributed by atoms with Gasteiger partial charge in [0.15, 0.2) is 11.4 Å². The Morgan fingerprint density at radius 1 is 1.33 bits per heavy atom. The number of nitrogens with one attached hydrogen (secondary N) is 2. The van der Waals surface area contributed by atoms with Crippen LogP contribution in [0.2, 0.25) is 0 Å². The summed E-state index contributed by atoms with van der Waals surface area (Å²) < 4.78 is 17.1. The van der Waals surface area contributed by atoms with Crippen molar-refractivity contribution in [3.05, 3.63) is 40.8 Å². The SMILES string of the molecule is COC(=O)NCC(=O)N1CC2(CC1(N)c1ncc(-c3ccc(Br)cc3)[nH]1)OCCO2. The lowest BCUT2D eigenvalue weighted by atomic mass is 10.0. The number of halogens is 1. The molecule has 160 valence electrons. The van der Waals surface area contributed by atoms with Gasteiger partial charge in [0.25, 0.3) is 0 Å². The molecule has 11 heteroatoms. The van der Waals surface area contributed by atoms with Crippen LogP contribution < -0.4 is 11.1 Å². The number of H-pyrrole nitrogens is 1. The second-order valence-corrected chi connectivity index (χ2v) is 8.10. The molecule has 1 spiro atoms. The number of rotatable bonds is 4. The molecule has 1 atom stereocenters. The maximum absolute atomic E-state index is 12.9. The number of aromatic amines is 1. The van der Waals surface area contributed by atoms with E-state index in [1.165, 1.54) is 12.0 Å². The van der Waals surface area contributed by atoms with E-state index in [0.29, 0.717) is 19.0 Å². The molecule has 0 bridgehead atoms. The molecule has 0 radical (unpaired) electrons. The van der Waals surface area contributed by atoms with E-state index >= 15 is 0 Å². The molecule has 3 heterocycles. The van der Waals surface area contributed by atoms with E-state index in [2.05, 4.69) is 36.0 Å². The summed E-state index contributed by atoms with van der Waals surface area (Å²) >= 11 is 3.42. The smallest absolute Gasteiger partial charge is 0.407 e. The number of carbonyl (C=O) groups excluding carboxylic acids is 2. The van der Waals surface area contributed by atoms with Gasteiger partial charge in [0.2, 0.25) is 5.91 Å². The minimum absolute atomic E-state index is 0.125. The molecule has 2 aromatic rings. The summed E-state index contributed by atoms with van der Waals surface area (Å²) in [5.41, 5.74) is 7.12. The van der Waals surface area contributed by atoms with Gasteiger partial charge in [-0.05, 0) is 17.7 Å². The average Bonchev–Trinajstić information content (AvgIpc) is 3.46. The summed E-state index contributed by atoms with van der Waals surface area (Å²) in [6.45, 7) is 0.684. The van der Waals surface area contributed by atoms with Crippen LogP contribution in [0.15, 0.2) is 34.9 Å². The molecule has 1 aromatic heterocycles. The van der Waals surface area contributed by atoms with Crippen LogP contribution in [0.1, 0.15) is 12.2 Å². The molecule has 1 aromatic carbocycles. The van der Waals surface area contributed by atoms with Crippen LogP contribution in [-0.2, 0) is 24.7 Å². The average molecular weight is 480 g/mol. The number of nitrogens with zero attached hydrogens (tertiary/aromatic N) is 2. The quantitative estimate of drug-likeness (QED) is 0.601. The zero-order valence-electron chi connectivity index (χ0n) is 16.3. The third kappa shape index (κ3) is 3.81. The van der Waals surface area contributed by atoms with Crippen LogP contribution in [-0.4, -0.2) is 66.1 Å². The van der Waals surface area contributed by atoms with Crippen LogP contribution in [0, 0.1) is 0 Å². The molecular weight excluding hydrogens is 458 g/mol. The van der Waals surface area contributed by atoms with Crippen LogP contribution in [0.3, 0.4) is 0 Å². The zero-order chi connectivity index (χ0) is 21.4. The van der Waals surface area contributed by atoms with Crippen molar-refractivity contribution in [2.45, 2.75) is 17.9 Å². The van der Waals surface area contributed by atoms with Crippen molar-refractivity contribution >= 4 is 27.9 Å². The highest BCUT2D eigenvalue weighted by Gasteiger charge is 2.58. The number of benzene rings is 1. The molecular formula is C19H22BrN5O5. The van der Waals surface area contributed by atoms with Crippen molar-refractivity contribution < 1.29 is 23.8 Å². The highest BCUT2D eigenvalue weighted by molar-refractivity contribution is 9.10. The first-order chi connectivity index (χ1) is 14.3. The van der Waals surface area contributed by atoms with Crippen molar-refractivity contribution in [2.24, 2.45) is 5.73 Å². The van der Waals surface area contributed by atoms with E-state index in [-0.39, 0.29) is 19.5 Å². The Kier molecular flexibility index (Phi) is 5.53. The van der Waals surface area contributed by atoms with E-state index in [0.717, 1.165) is 15.7 Å². The monoisotopic (exact) mass is 479 g/mol. The minimum Gasteiger partial charge on any atom is -0.453 e. The fourth-order valence-corrected chi connectivity index (χ4v) is 4.05. The van der Waals surface area contributed by atoms with Gasteiger partial charge in [0.1, 0.15) is 12.4 Å². The number of amides is 2. The Labute approximate surface area is 181 Å². The van der Waals surface area contributed by atoms with Crippen molar-refractivity contribution in [3.8, 4) is 11.3 Å². The predicted octanol–water partition coefficient (Wildman–Crippen LogP) is 1.28. The number of hydrogen-bond acceptors (Lipinski definition) is 7. The minimum atomic E-state index is -1.30. The molecule has 2 aliphatic heterocycles. The first kappa shape index (κ1) is 20.8. The predicted molar refractivity (Wildman–Crippen MR) is 109 cm³/mol. The molecule has 0 aliphatic carbocycles. The number of nitrogens with two attached hydrogens (primary N) is 1. The number of alkyl carbamates (subject to hydrolysis) is 1. The number of likely N-dealkylation sites (tertiary alicyclic amines) is 1. The molecule has 1 unspecified atom stereocenters. The highest BCUT2D eigenvalue weighted by atomic mass is 79.9. The second-order valence-electron chi connectivity index (χ2n) is 7.19. The summed E-state index contributed by atoms with van der Waals surface area (Å²) in [6, 6.07) is 7.72. The van der Waals surface area contributed by atoms with Gasteiger partial charge in [-0.1, -0.05) is 28.1 Å². The first-order valence-electron chi connectivity index (χ1n) is 9.36. The van der Waals surface area contributed by atoms with Crippen molar-refractivity contribution in [3.63, 3.8) is 0 Å². The van der Waals surface area contributed by atoms with E-state index in [9.17, 15) is 9.59 Å². The number of ether oxygens (including phenoxy) is 3. The second kappa shape index (κ2) is 7.99. The number of carbonyl (C=O) groups is 2. The molecule has 2 saturated heterocycles. The van der Waals surface area contributed by atoms with E-state index < -0.39 is 23.5 Å². The molecule has 30 heavy (non-hydrogen) atoms. The maximum atomic E-state index is 12.9. The van der Waals surface area contributed by atoms with Crippen molar-refractivity contribution in [2.75, 3.05) is 33.4 Å². The Balaban J connectivity index is 1.63. The summed E-state index contributed by atoms with van der Waals surface area (Å²) in [4.78, 5) is 33.4. The normalized spacial score (nSPS) is 22.4. The van der Waals surface area contributed by atoms with Crippen LogP contribution >= 0.6 is 15.9 Å². The van der Waals surface area contributed by atoms with Crippen LogP contribution in [0.5, 0.6) is 0 Å². The maximum Gasteiger partial charge on any atom is 0.407 e. The summed E-state index contributed by atoms with van der Waals surface area (Å²) in [5.74, 6) is -0.997. The Morgan fingerprint density at radius 2 is 2.03 bits per heavy atom. The van der Waals surface area contributed by atoms with Gasteiger partial charge in [0, 0.05) is 10.9 Å². The fraction of sp³-hybridized carbons (Fsp3) is 0.421. The van der Waals surface area contributed by atoms with Gasteiger partial charge in [-0.3, -0.25) is 4.79 Å². The van der Waals surface area contributed by atoms with Gasteiger partial charge in [-0.2, -0.15) is 0 Å². The van der Waals surface area contributed by atoms with E-state index in [1.807, 2.05) is 24.3 Å². The van der Waals surface area contributed by atoms with Gasteiger partial charge >= 0.3 is 6.09 Å². The van der Waals surface area contributed by atoms with Gasteiger partial charge in [-0.25, -0.2) is 9.78 Å². The Morgan fingerprint density at radius 3 is 2.70 bits per heavy atom. The number of aromatic nitrogens is 2. The molecule has 2 amide bonds. The molecule has 2 aliphatic rings. The highest BCUT2D eigenvalue weighted by Crippen LogP contribution is 2.43. The first-order valence-corrected chi connectivity index (χ1v) is 10.1. The Bertz CT molecular complexity index is 943. The Hall–Kier alpha value is -2.47. The lowest BCUT2D eigenvalue weighted by molar-refractivity contribution is -0.152. The lowest BCUT2D eigenvalue weighted by Gasteiger charge is -2.32. The van der Waals surface area contributed by atoms with E-state index in [1.54, 1.807) is 6.20 Å². The zero-order valence-corrected chi connectivity index (χ0v) is 17.9. The van der Waals surface area contributed by atoms with Gasteiger partial charge < -0.3 is 35.1 Å². The van der Waals surface area contributed by atoms with Gasteiger partial charge in [0.05, 0.1) is 38.8 Å². The van der Waals surface area contributed by atoms with Crippen LogP contribution in [0.25, 0.3) is 11.3 Å². The third-order valence-corrected chi connectivity index (χ3v) is 5.77. The third-order valence-electron chi connectivity index (χ3n) is 5.24. The lowest BCUT2D eigenvalue weighted by Crippen LogP contribution is -2.54. The number of methoxy groups -OCH3 is 1. The molecule has 0 saturated carbocycles. The topological polar surface area (TPSA) is 132 Å². The van der Waals surface area contributed by atoms with E-state index in [4.69, 9.17) is 15.2 Å². The summed E-state index contributed by atoms with van der Waals surface area (Å²) in [5, 5.41) is 2.39. The number of imidazole rings is 1. The van der Waals surface area contributed by atoms with Crippen LogP contribution in [0.4, 0.5) is 4.79 Å².